The standard InChI is InChI=1S/C13H26N4O3/c1-3-15-13(19)11-10-20-8-7-17(11)9-12(18)16(2)6-4-5-14/h11H,3-10,14H2,1-2H3,(H,15,19). The van der Waals surface area contributed by atoms with E-state index in [1.54, 1.807) is 11.9 Å². The van der Waals surface area contributed by atoms with Crippen LogP contribution >= 0.6 is 0 Å². The van der Waals surface area contributed by atoms with Gasteiger partial charge in [-0.1, -0.05) is 0 Å². The highest BCUT2D eigenvalue weighted by Crippen LogP contribution is 2.07. The number of hydrogen-bond donors (Lipinski definition) is 2. The molecule has 1 fully saturated rings. The highest BCUT2D eigenvalue weighted by molar-refractivity contribution is 5.83. The van der Waals surface area contributed by atoms with Crippen molar-refractivity contribution in [2.75, 3.05) is 53.0 Å². The highest BCUT2D eigenvalue weighted by Gasteiger charge is 2.30. The molecule has 0 aromatic heterocycles. The first-order valence-electron chi connectivity index (χ1n) is 7.13. The van der Waals surface area contributed by atoms with Gasteiger partial charge in [0.25, 0.3) is 0 Å². The summed E-state index contributed by atoms with van der Waals surface area (Å²) in [4.78, 5) is 27.6. The maximum atomic E-state index is 12.1. The van der Waals surface area contributed by atoms with Crippen LogP contribution in [0.1, 0.15) is 13.3 Å². The van der Waals surface area contributed by atoms with Crippen molar-refractivity contribution in [1.82, 2.24) is 15.1 Å². The Morgan fingerprint density at radius 1 is 1.50 bits per heavy atom. The largest absolute Gasteiger partial charge is 0.378 e. The van der Waals surface area contributed by atoms with E-state index in [0.29, 0.717) is 39.4 Å². The lowest BCUT2D eigenvalue weighted by Gasteiger charge is -2.34. The molecule has 7 heteroatoms. The number of carbonyl (C=O) groups is 2. The summed E-state index contributed by atoms with van der Waals surface area (Å²) in [7, 11) is 1.76. The number of carbonyl (C=O) groups excluding carboxylic acids is 2. The Bertz CT molecular complexity index is 325. The van der Waals surface area contributed by atoms with Gasteiger partial charge in [0.05, 0.1) is 19.8 Å². The molecule has 1 saturated heterocycles. The zero-order valence-electron chi connectivity index (χ0n) is 12.4. The van der Waals surface area contributed by atoms with Crippen molar-refractivity contribution >= 4 is 11.8 Å². The first-order valence-corrected chi connectivity index (χ1v) is 7.13. The van der Waals surface area contributed by atoms with Crippen LogP contribution < -0.4 is 11.1 Å². The molecule has 20 heavy (non-hydrogen) atoms. The Balaban J connectivity index is 2.53. The van der Waals surface area contributed by atoms with Crippen LogP contribution in [0.3, 0.4) is 0 Å². The maximum Gasteiger partial charge on any atom is 0.239 e. The molecule has 7 nitrogen and oxygen atoms in total. The molecule has 1 aliphatic heterocycles. The molecule has 0 aliphatic carbocycles. The second-order valence-electron chi connectivity index (χ2n) is 4.91. The maximum absolute atomic E-state index is 12.1. The van der Waals surface area contributed by atoms with Crippen molar-refractivity contribution < 1.29 is 14.3 Å². The third kappa shape index (κ3) is 5.07. The Hall–Kier alpha value is -1.18. The quantitative estimate of drug-likeness (QED) is 0.603. The summed E-state index contributed by atoms with van der Waals surface area (Å²) in [5.41, 5.74) is 5.44. The topological polar surface area (TPSA) is 87.9 Å². The lowest BCUT2D eigenvalue weighted by atomic mass is 10.2. The van der Waals surface area contributed by atoms with E-state index in [1.807, 2.05) is 11.8 Å². The number of nitrogens with zero attached hydrogens (tertiary/aromatic N) is 2. The van der Waals surface area contributed by atoms with E-state index in [1.165, 1.54) is 0 Å². The van der Waals surface area contributed by atoms with Gasteiger partial charge in [0.2, 0.25) is 11.8 Å². The van der Waals surface area contributed by atoms with Gasteiger partial charge in [-0.2, -0.15) is 0 Å². The molecule has 3 N–H and O–H groups in total. The van der Waals surface area contributed by atoms with Crippen molar-refractivity contribution in [3.63, 3.8) is 0 Å². The van der Waals surface area contributed by atoms with E-state index in [2.05, 4.69) is 5.32 Å². The van der Waals surface area contributed by atoms with Gasteiger partial charge in [-0.25, -0.2) is 0 Å². The summed E-state index contributed by atoms with van der Waals surface area (Å²) < 4.78 is 5.34. The van der Waals surface area contributed by atoms with Crippen molar-refractivity contribution in [2.45, 2.75) is 19.4 Å². The minimum Gasteiger partial charge on any atom is -0.378 e. The van der Waals surface area contributed by atoms with Crippen LogP contribution in [-0.2, 0) is 14.3 Å². The molecule has 1 heterocycles. The zero-order chi connectivity index (χ0) is 15.0. The second kappa shape index (κ2) is 8.89. The summed E-state index contributed by atoms with van der Waals surface area (Å²) >= 11 is 0. The first-order chi connectivity index (χ1) is 9.60. The molecule has 1 rings (SSSR count). The Morgan fingerprint density at radius 2 is 2.25 bits per heavy atom. The molecule has 2 amide bonds. The van der Waals surface area contributed by atoms with Gasteiger partial charge in [-0.05, 0) is 19.9 Å². The average molecular weight is 286 g/mol. The van der Waals surface area contributed by atoms with Gasteiger partial charge in [-0.3, -0.25) is 14.5 Å². The number of hydrogen-bond acceptors (Lipinski definition) is 5. The Kier molecular flexibility index (Phi) is 7.50. The number of nitrogens with two attached hydrogens (primary N) is 1. The van der Waals surface area contributed by atoms with Gasteiger partial charge in [0, 0.05) is 26.7 Å². The molecule has 1 unspecified atom stereocenters. The summed E-state index contributed by atoms with van der Waals surface area (Å²) in [6.45, 7) is 5.39. The summed E-state index contributed by atoms with van der Waals surface area (Å²) in [6.07, 6.45) is 0.783. The normalized spacial score (nSPS) is 19.6. The van der Waals surface area contributed by atoms with Gasteiger partial charge in [0.1, 0.15) is 6.04 Å². The lowest BCUT2D eigenvalue weighted by Crippen LogP contribution is -2.56. The van der Waals surface area contributed by atoms with Crippen molar-refractivity contribution in [3.8, 4) is 0 Å². The van der Waals surface area contributed by atoms with Crippen LogP contribution in [0.5, 0.6) is 0 Å². The summed E-state index contributed by atoms with van der Waals surface area (Å²) in [5, 5.41) is 2.78. The molecule has 0 bridgehead atoms. The minimum atomic E-state index is -0.379. The van der Waals surface area contributed by atoms with E-state index in [9.17, 15) is 9.59 Å². The fraction of sp³-hybridized carbons (Fsp3) is 0.846. The third-order valence-corrected chi connectivity index (χ3v) is 3.35. The smallest absolute Gasteiger partial charge is 0.239 e. The lowest BCUT2D eigenvalue weighted by molar-refractivity contribution is -0.139. The fourth-order valence-electron chi connectivity index (χ4n) is 2.11. The molecular formula is C13H26N4O3. The van der Waals surface area contributed by atoms with Gasteiger partial charge >= 0.3 is 0 Å². The average Bonchev–Trinajstić information content (AvgIpc) is 2.45. The summed E-state index contributed by atoms with van der Waals surface area (Å²) in [6, 6.07) is -0.379. The number of ether oxygens (including phenoxy) is 1. The number of morpholine rings is 1. The fourth-order valence-corrected chi connectivity index (χ4v) is 2.11. The predicted molar refractivity (Wildman–Crippen MR) is 76.2 cm³/mol. The van der Waals surface area contributed by atoms with E-state index in [4.69, 9.17) is 10.5 Å². The van der Waals surface area contributed by atoms with Gasteiger partial charge in [0.15, 0.2) is 0 Å². The number of nitrogens with one attached hydrogen (secondary N) is 1. The molecule has 0 saturated carbocycles. The van der Waals surface area contributed by atoms with Crippen LogP contribution in [0, 0.1) is 0 Å². The third-order valence-electron chi connectivity index (χ3n) is 3.35. The SMILES string of the molecule is CCNC(=O)C1COCCN1CC(=O)N(C)CCCN. The second-order valence-corrected chi connectivity index (χ2v) is 4.91. The zero-order valence-corrected chi connectivity index (χ0v) is 12.4. The van der Waals surface area contributed by atoms with Crippen molar-refractivity contribution in [1.29, 1.82) is 0 Å². The van der Waals surface area contributed by atoms with E-state index in [0.717, 1.165) is 6.42 Å². The predicted octanol–water partition coefficient (Wildman–Crippen LogP) is -1.37. The number of amides is 2. The molecule has 0 spiro atoms. The first kappa shape index (κ1) is 16.9. The molecule has 1 atom stereocenters. The minimum absolute atomic E-state index is 0.00893. The van der Waals surface area contributed by atoms with Crippen LogP contribution in [-0.4, -0.2) is 80.6 Å². The number of likely N-dealkylation sites (N-methyl/N-ethyl adjacent to an activating group) is 2. The molecule has 116 valence electrons. The molecule has 0 aromatic rings. The van der Waals surface area contributed by atoms with Gasteiger partial charge < -0.3 is 20.7 Å². The molecule has 1 aliphatic rings. The Morgan fingerprint density at radius 3 is 2.90 bits per heavy atom. The van der Waals surface area contributed by atoms with E-state index >= 15 is 0 Å². The van der Waals surface area contributed by atoms with Crippen LogP contribution in [0.15, 0.2) is 0 Å². The molecular weight excluding hydrogens is 260 g/mol. The van der Waals surface area contributed by atoms with Crippen LogP contribution in [0.4, 0.5) is 0 Å². The van der Waals surface area contributed by atoms with Crippen LogP contribution in [0.2, 0.25) is 0 Å². The van der Waals surface area contributed by atoms with Gasteiger partial charge in [-0.15, -0.1) is 0 Å². The van der Waals surface area contributed by atoms with E-state index in [-0.39, 0.29) is 24.4 Å². The Labute approximate surface area is 120 Å². The molecule has 0 aromatic carbocycles. The monoisotopic (exact) mass is 286 g/mol. The van der Waals surface area contributed by atoms with Crippen molar-refractivity contribution in [2.24, 2.45) is 5.73 Å². The van der Waals surface area contributed by atoms with E-state index < -0.39 is 0 Å². The highest BCUT2D eigenvalue weighted by atomic mass is 16.5. The molecule has 0 radical (unpaired) electrons. The van der Waals surface area contributed by atoms with Crippen LogP contribution in [0.25, 0.3) is 0 Å². The van der Waals surface area contributed by atoms with Crippen molar-refractivity contribution in [3.05, 3.63) is 0 Å². The number of rotatable bonds is 7. The summed E-state index contributed by atoms with van der Waals surface area (Å²) in [5.74, 6) is -0.0701.